The molecule has 0 aliphatic carbocycles. The van der Waals surface area contributed by atoms with E-state index in [-0.39, 0.29) is 47.3 Å². The van der Waals surface area contributed by atoms with Gasteiger partial charge in [-0.2, -0.15) is 9.78 Å². The standard InChI is InChI=1S/C34H36FN7O5/c1-33(2,3)24-13-22-18-38-42(32(46)29(22)25(35)14-24)28-15-23(7-8-36-28)34(20-43)16-26(31(45)40(4)19-34)39-27-6-5-21(17-37-27)30(44)41-9-11-47-12-10-41/h5-8,13-18,43H,9-12,19-20H2,1-4H3,(H,37,39). The van der Waals surface area contributed by atoms with Crippen LogP contribution in [0.2, 0.25) is 0 Å². The third-order valence-corrected chi connectivity index (χ3v) is 8.61. The Hall–Kier alpha value is -5.01. The summed E-state index contributed by atoms with van der Waals surface area (Å²) in [5.41, 5.74) is -0.202. The summed E-state index contributed by atoms with van der Waals surface area (Å²) in [6.45, 7) is 7.61. The smallest absolute Gasteiger partial charge is 0.283 e. The van der Waals surface area contributed by atoms with Gasteiger partial charge in [-0.3, -0.25) is 14.4 Å². The second-order valence-electron chi connectivity index (χ2n) is 12.9. The highest BCUT2D eigenvalue weighted by Crippen LogP contribution is 2.33. The van der Waals surface area contributed by atoms with Crippen molar-refractivity contribution in [3.05, 3.63) is 99.6 Å². The molecule has 1 atom stereocenters. The summed E-state index contributed by atoms with van der Waals surface area (Å²) in [5.74, 6) is -0.647. The van der Waals surface area contributed by atoms with E-state index in [1.54, 1.807) is 48.4 Å². The Kier molecular flexibility index (Phi) is 8.36. The van der Waals surface area contributed by atoms with Crippen molar-refractivity contribution >= 4 is 28.4 Å². The number of anilines is 1. The van der Waals surface area contributed by atoms with E-state index in [0.29, 0.717) is 48.6 Å². The minimum absolute atomic E-state index is 0.100. The second kappa shape index (κ2) is 12.3. The molecule has 1 unspecified atom stereocenters. The van der Waals surface area contributed by atoms with Crippen LogP contribution in [-0.2, 0) is 20.4 Å². The molecular formula is C34H36FN7O5. The fourth-order valence-corrected chi connectivity index (χ4v) is 5.89. The molecule has 0 saturated carbocycles. The second-order valence-corrected chi connectivity index (χ2v) is 12.9. The molecule has 12 nitrogen and oxygen atoms in total. The Morgan fingerprint density at radius 3 is 2.53 bits per heavy atom. The van der Waals surface area contributed by atoms with E-state index in [1.807, 2.05) is 20.8 Å². The van der Waals surface area contributed by atoms with Crippen molar-refractivity contribution in [1.29, 1.82) is 0 Å². The molecular weight excluding hydrogens is 605 g/mol. The number of pyridine rings is 2. The number of aliphatic hydroxyl groups is 1. The first-order chi connectivity index (χ1) is 22.4. The van der Waals surface area contributed by atoms with Gasteiger partial charge in [0.1, 0.15) is 17.3 Å². The molecule has 1 fully saturated rings. The van der Waals surface area contributed by atoms with Gasteiger partial charge in [-0.15, -0.1) is 0 Å². The Balaban J connectivity index is 1.32. The lowest BCUT2D eigenvalue weighted by Gasteiger charge is -2.38. The number of rotatable bonds is 6. The molecule has 6 rings (SSSR count). The molecule has 0 bridgehead atoms. The van der Waals surface area contributed by atoms with E-state index in [1.165, 1.54) is 29.6 Å². The minimum atomic E-state index is -1.10. The summed E-state index contributed by atoms with van der Waals surface area (Å²) in [6, 6.07) is 9.67. The molecule has 0 spiro atoms. The summed E-state index contributed by atoms with van der Waals surface area (Å²) >= 11 is 0. The highest BCUT2D eigenvalue weighted by molar-refractivity contribution is 5.98. The van der Waals surface area contributed by atoms with Crippen LogP contribution < -0.4 is 10.9 Å². The Labute approximate surface area is 270 Å². The van der Waals surface area contributed by atoms with Crippen LogP contribution in [0.5, 0.6) is 0 Å². The van der Waals surface area contributed by atoms with Gasteiger partial charge < -0.3 is 25.0 Å². The lowest BCUT2D eigenvalue weighted by atomic mass is 9.78. The van der Waals surface area contributed by atoms with Crippen molar-refractivity contribution in [2.75, 3.05) is 51.8 Å². The van der Waals surface area contributed by atoms with Gasteiger partial charge in [0.05, 0.1) is 42.4 Å². The number of likely N-dealkylation sites (N-methyl/N-ethyl adjacent to an activating group) is 1. The van der Waals surface area contributed by atoms with Gasteiger partial charge in [0.15, 0.2) is 5.82 Å². The normalized spacial score (nSPS) is 18.8. The van der Waals surface area contributed by atoms with E-state index in [4.69, 9.17) is 4.74 Å². The van der Waals surface area contributed by atoms with Gasteiger partial charge in [0, 0.05) is 44.5 Å². The molecule has 4 aromatic rings. The summed E-state index contributed by atoms with van der Waals surface area (Å²) in [5, 5.41) is 18.4. The molecule has 2 aliphatic heterocycles. The van der Waals surface area contributed by atoms with Gasteiger partial charge in [-0.1, -0.05) is 20.8 Å². The summed E-state index contributed by atoms with van der Waals surface area (Å²) in [4.78, 5) is 51.4. The SMILES string of the molecule is CN1CC(CO)(c2ccnc(-n3ncc4cc(C(C)(C)C)cc(F)c4c3=O)c2)C=C(Nc2ccc(C(=O)N3CCOCC3)cn2)C1=O. The number of nitrogens with zero attached hydrogens (tertiary/aromatic N) is 6. The number of fused-ring (bicyclic) bond motifs is 1. The number of aliphatic hydroxyl groups excluding tert-OH is 1. The largest absolute Gasteiger partial charge is 0.395 e. The van der Waals surface area contributed by atoms with Crippen molar-refractivity contribution in [3.8, 4) is 5.82 Å². The van der Waals surface area contributed by atoms with Gasteiger partial charge in [0.25, 0.3) is 17.4 Å². The predicted molar refractivity (Wildman–Crippen MR) is 173 cm³/mol. The van der Waals surface area contributed by atoms with E-state index >= 15 is 4.39 Å². The van der Waals surface area contributed by atoms with E-state index in [9.17, 15) is 19.5 Å². The number of carbonyl (C=O) groups is 2. The van der Waals surface area contributed by atoms with Crippen LogP contribution in [0, 0.1) is 5.82 Å². The van der Waals surface area contributed by atoms with E-state index in [0.717, 1.165) is 10.2 Å². The van der Waals surface area contributed by atoms with Crippen LogP contribution in [0.15, 0.2) is 71.6 Å². The van der Waals surface area contributed by atoms with Crippen molar-refractivity contribution in [3.63, 3.8) is 0 Å². The lowest BCUT2D eigenvalue weighted by molar-refractivity contribution is -0.127. The zero-order valence-corrected chi connectivity index (χ0v) is 26.7. The molecule has 2 aliphatic rings. The third-order valence-electron chi connectivity index (χ3n) is 8.61. The number of hydrogen-bond acceptors (Lipinski definition) is 9. The lowest BCUT2D eigenvalue weighted by Crippen LogP contribution is -2.49. The zero-order valence-electron chi connectivity index (χ0n) is 26.7. The van der Waals surface area contributed by atoms with Gasteiger partial charge in [-0.05, 0) is 59.0 Å². The van der Waals surface area contributed by atoms with Crippen molar-refractivity contribution < 1.29 is 23.8 Å². The van der Waals surface area contributed by atoms with Crippen LogP contribution in [0.3, 0.4) is 0 Å². The topological polar surface area (TPSA) is 143 Å². The van der Waals surface area contributed by atoms with Crippen LogP contribution in [0.25, 0.3) is 16.6 Å². The molecule has 244 valence electrons. The summed E-state index contributed by atoms with van der Waals surface area (Å²) in [7, 11) is 1.62. The van der Waals surface area contributed by atoms with E-state index < -0.39 is 16.8 Å². The van der Waals surface area contributed by atoms with Crippen LogP contribution in [0.1, 0.15) is 42.3 Å². The minimum Gasteiger partial charge on any atom is -0.395 e. The first-order valence-electron chi connectivity index (χ1n) is 15.3. The quantitative estimate of drug-likeness (QED) is 0.325. The first kappa shape index (κ1) is 32.0. The number of ether oxygens (including phenoxy) is 1. The van der Waals surface area contributed by atoms with Crippen LogP contribution in [0.4, 0.5) is 10.2 Å². The number of hydrogen-bond donors (Lipinski definition) is 2. The average molecular weight is 642 g/mol. The molecule has 0 radical (unpaired) electrons. The van der Waals surface area contributed by atoms with Gasteiger partial charge in [0.2, 0.25) is 0 Å². The Morgan fingerprint density at radius 2 is 1.85 bits per heavy atom. The highest BCUT2D eigenvalue weighted by Gasteiger charge is 2.39. The predicted octanol–water partition coefficient (Wildman–Crippen LogP) is 2.78. The molecule has 2 N–H and O–H groups in total. The molecule has 47 heavy (non-hydrogen) atoms. The molecule has 2 amide bonds. The summed E-state index contributed by atoms with van der Waals surface area (Å²) in [6.07, 6.45) is 6.00. The number of carbonyl (C=O) groups excluding carboxylic acids is 2. The zero-order chi connectivity index (χ0) is 33.5. The molecule has 5 heterocycles. The van der Waals surface area contributed by atoms with Crippen LogP contribution >= 0.6 is 0 Å². The molecule has 1 saturated heterocycles. The molecule has 13 heteroatoms. The number of benzene rings is 1. The highest BCUT2D eigenvalue weighted by atomic mass is 19.1. The maximum absolute atomic E-state index is 15.3. The van der Waals surface area contributed by atoms with E-state index in [2.05, 4.69) is 20.4 Å². The third kappa shape index (κ3) is 6.11. The number of amides is 2. The maximum Gasteiger partial charge on any atom is 0.283 e. The van der Waals surface area contributed by atoms with Gasteiger partial charge in [-0.25, -0.2) is 14.4 Å². The number of halogens is 1. The number of nitrogens with one attached hydrogen (secondary N) is 1. The van der Waals surface area contributed by atoms with Gasteiger partial charge >= 0.3 is 0 Å². The summed E-state index contributed by atoms with van der Waals surface area (Å²) < 4.78 is 21.6. The molecule has 1 aromatic carbocycles. The Morgan fingerprint density at radius 1 is 1.09 bits per heavy atom. The Bertz CT molecular complexity index is 1950. The number of aromatic nitrogens is 4. The monoisotopic (exact) mass is 641 g/mol. The fourth-order valence-electron chi connectivity index (χ4n) is 5.89. The van der Waals surface area contributed by atoms with Crippen molar-refractivity contribution in [2.24, 2.45) is 0 Å². The first-order valence-corrected chi connectivity index (χ1v) is 15.3. The fraction of sp³-hybridized carbons (Fsp3) is 0.353. The molecule has 3 aromatic heterocycles. The average Bonchev–Trinajstić information content (AvgIpc) is 3.06. The number of morpholine rings is 1. The van der Waals surface area contributed by atoms with Crippen molar-refractivity contribution in [1.82, 2.24) is 29.5 Å². The van der Waals surface area contributed by atoms with Crippen molar-refractivity contribution in [2.45, 2.75) is 31.6 Å². The van der Waals surface area contributed by atoms with Crippen LogP contribution in [-0.4, -0.2) is 93.0 Å². The maximum atomic E-state index is 15.3.